The Morgan fingerprint density at radius 1 is 1.18 bits per heavy atom. The number of carbonyl (C=O) groups excluding carboxylic acids is 2. The van der Waals surface area contributed by atoms with Crippen molar-refractivity contribution in [1.82, 2.24) is 4.90 Å². The maximum Gasteiger partial charge on any atom is 0.242 e. The third-order valence-electron chi connectivity index (χ3n) is 4.33. The number of rotatable bonds is 11. The zero-order chi connectivity index (χ0) is 20.4. The fourth-order valence-corrected chi connectivity index (χ4v) is 3.99. The molecular formula is C21H31N3O3S. The Morgan fingerprint density at radius 2 is 1.89 bits per heavy atom. The van der Waals surface area contributed by atoms with E-state index in [0.717, 1.165) is 43.1 Å². The van der Waals surface area contributed by atoms with Crippen LogP contribution in [0.15, 0.2) is 29.3 Å². The lowest BCUT2D eigenvalue weighted by atomic mass is 10.2. The number of amidine groups is 1. The molecular weight excluding hydrogens is 374 g/mol. The molecule has 0 aromatic heterocycles. The zero-order valence-corrected chi connectivity index (χ0v) is 17.9. The van der Waals surface area contributed by atoms with Crippen LogP contribution in [0, 0.1) is 0 Å². The predicted molar refractivity (Wildman–Crippen MR) is 116 cm³/mol. The van der Waals surface area contributed by atoms with Crippen molar-refractivity contribution in [2.45, 2.75) is 58.1 Å². The van der Waals surface area contributed by atoms with E-state index in [2.05, 4.69) is 24.2 Å². The highest BCUT2D eigenvalue weighted by atomic mass is 32.2. The Balaban J connectivity index is 1.96. The molecule has 1 saturated heterocycles. The summed E-state index contributed by atoms with van der Waals surface area (Å²) in [6, 6.07) is 7.24. The van der Waals surface area contributed by atoms with Gasteiger partial charge in [-0.1, -0.05) is 38.5 Å². The Morgan fingerprint density at radius 3 is 2.54 bits per heavy atom. The van der Waals surface area contributed by atoms with E-state index in [1.165, 1.54) is 11.8 Å². The molecule has 1 fully saturated rings. The van der Waals surface area contributed by atoms with Crippen LogP contribution in [0.5, 0.6) is 5.75 Å². The molecule has 0 aliphatic carbocycles. The number of ether oxygens (including phenoxy) is 1. The van der Waals surface area contributed by atoms with Gasteiger partial charge in [0.05, 0.1) is 6.61 Å². The summed E-state index contributed by atoms with van der Waals surface area (Å²) in [5, 5.41) is 3.23. The van der Waals surface area contributed by atoms with Crippen LogP contribution >= 0.6 is 11.8 Å². The standard InChI is InChI=1S/C21H31N3O3S/c1-4-7-13-22-21-24(14-8-5-2)20(26)18(28-21)15-19(25)23-16-9-11-17(12-10-16)27-6-3/h9-12,18H,4-8,13-15H2,1-3H3,(H,23,25)/t18-/m1/s1. The molecule has 1 N–H and O–H groups in total. The van der Waals surface area contributed by atoms with Gasteiger partial charge in [0.2, 0.25) is 11.8 Å². The van der Waals surface area contributed by atoms with E-state index >= 15 is 0 Å². The Hall–Kier alpha value is -2.02. The first kappa shape index (κ1) is 22.3. The van der Waals surface area contributed by atoms with Gasteiger partial charge in [0, 0.05) is 25.2 Å². The van der Waals surface area contributed by atoms with Crippen LogP contribution in [0.25, 0.3) is 0 Å². The van der Waals surface area contributed by atoms with Crippen molar-refractivity contribution in [3.63, 3.8) is 0 Å². The first-order valence-electron chi connectivity index (χ1n) is 10.1. The molecule has 1 atom stereocenters. The van der Waals surface area contributed by atoms with Crippen LogP contribution in [0.3, 0.4) is 0 Å². The molecule has 6 nitrogen and oxygen atoms in total. The average Bonchev–Trinajstić information content (AvgIpc) is 2.97. The van der Waals surface area contributed by atoms with Crippen molar-refractivity contribution in [3.8, 4) is 5.75 Å². The molecule has 1 aromatic carbocycles. The molecule has 28 heavy (non-hydrogen) atoms. The van der Waals surface area contributed by atoms with E-state index in [-0.39, 0.29) is 18.2 Å². The second-order valence-corrected chi connectivity index (χ2v) is 7.85. The third kappa shape index (κ3) is 6.55. The van der Waals surface area contributed by atoms with E-state index in [1.807, 2.05) is 19.1 Å². The number of amides is 2. The maximum absolute atomic E-state index is 12.8. The van der Waals surface area contributed by atoms with E-state index in [0.29, 0.717) is 18.8 Å². The number of anilines is 1. The van der Waals surface area contributed by atoms with Gasteiger partial charge in [0.25, 0.3) is 0 Å². The minimum atomic E-state index is -0.403. The number of nitrogens with one attached hydrogen (secondary N) is 1. The molecule has 1 aromatic rings. The van der Waals surface area contributed by atoms with Crippen LogP contribution in [0.4, 0.5) is 5.69 Å². The Kier molecular flexibility index (Phi) is 9.34. The van der Waals surface area contributed by atoms with Crippen LogP contribution in [0.1, 0.15) is 52.9 Å². The van der Waals surface area contributed by atoms with Gasteiger partial charge in [-0.2, -0.15) is 0 Å². The number of thioether (sulfide) groups is 1. The fraction of sp³-hybridized carbons (Fsp3) is 0.571. The molecule has 1 heterocycles. The molecule has 0 spiro atoms. The number of unbranched alkanes of at least 4 members (excludes halogenated alkanes) is 2. The lowest BCUT2D eigenvalue weighted by Crippen LogP contribution is -2.34. The predicted octanol–water partition coefficient (Wildman–Crippen LogP) is 4.31. The minimum absolute atomic E-state index is 0.00413. The first-order chi connectivity index (χ1) is 13.6. The lowest BCUT2D eigenvalue weighted by Gasteiger charge is -2.16. The van der Waals surface area contributed by atoms with Gasteiger partial charge in [0.1, 0.15) is 11.0 Å². The molecule has 0 saturated carbocycles. The van der Waals surface area contributed by atoms with Gasteiger partial charge in [-0.25, -0.2) is 0 Å². The molecule has 1 aliphatic rings. The van der Waals surface area contributed by atoms with E-state index in [4.69, 9.17) is 4.74 Å². The summed E-state index contributed by atoms with van der Waals surface area (Å²) in [6.07, 6.45) is 4.16. The summed E-state index contributed by atoms with van der Waals surface area (Å²) >= 11 is 1.42. The van der Waals surface area contributed by atoms with E-state index < -0.39 is 5.25 Å². The van der Waals surface area contributed by atoms with Gasteiger partial charge >= 0.3 is 0 Å². The summed E-state index contributed by atoms with van der Waals surface area (Å²) in [6.45, 7) is 8.14. The van der Waals surface area contributed by atoms with Crippen LogP contribution in [-0.2, 0) is 9.59 Å². The first-order valence-corrected chi connectivity index (χ1v) is 11.0. The molecule has 7 heteroatoms. The molecule has 0 bridgehead atoms. The van der Waals surface area contributed by atoms with Crippen molar-refractivity contribution >= 4 is 34.4 Å². The number of nitrogens with zero attached hydrogens (tertiary/aromatic N) is 2. The summed E-state index contributed by atoms with van der Waals surface area (Å²) in [5.41, 5.74) is 0.698. The topological polar surface area (TPSA) is 71.0 Å². The van der Waals surface area contributed by atoms with Gasteiger partial charge in [-0.15, -0.1) is 0 Å². The number of carbonyl (C=O) groups is 2. The van der Waals surface area contributed by atoms with Gasteiger partial charge in [-0.3, -0.25) is 19.5 Å². The minimum Gasteiger partial charge on any atom is -0.494 e. The van der Waals surface area contributed by atoms with E-state index in [9.17, 15) is 9.59 Å². The van der Waals surface area contributed by atoms with Gasteiger partial charge < -0.3 is 10.1 Å². The van der Waals surface area contributed by atoms with Crippen molar-refractivity contribution in [2.24, 2.45) is 4.99 Å². The maximum atomic E-state index is 12.8. The highest BCUT2D eigenvalue weighted by Gasteiger charge is 2.38. The number of aliphatic imine (C=N–C) groups is 1. The second-order valence-electron chi connectivity index (χ2n) is 6.68. The normalized spacial score (nSPS) is 18.0. The molecule has 2 rings (SSSR count). The SMILES string of the molecule is CCCCN=C1S[C@H](CC(=O)Nc2ccc(OCC)cc2)C(=O)N1CCCC. The zero-order valence-electron chi connectivity index (χ0n) is 17.1. The highest BCUT2D eigenvalue weighted by Crippen LogP contribution is 2.30. The summed E-state index contributed by atoms with van der Waals surface area (Å²) in [7, 11) is 0. The van der Waals surface area contributed by atoms with Crippen molar-refractivity contribution in [3.05, 3.63) is 24.3 Å². The largest absolute Gasteiger partial charge is 0.494 e. The molecule has 154 valence electrons. The number of hydrogen-bond acceptors (Lipinski definition) is 5. The molecule has 0 unspecified atom stereocenters. The Bertz CT molecular complexity index is 676. The summed E-state index contributed by atoms with van der Waals surface area (Å²) in [5.74, 6) is 0.595. The third-order valence-corrected chi connectivity index (χ3v) is 5.55. The summed E-state index contributed by atoms with van der Waals surface area (Å²) < 4.78 is 5.40. The lowest BCUT2D eigenvalue weighted by molar-refractivity contribution is -0.128. The van der Waals surface area contributed by atoms with Crippen molar-refractivity contribution < 1.29 is 14.3 Å². The second kappa shape index (κ2) is 11.7. The number of benzene rings is 1. The van der Waals surface area contributed by atoms with Crippen molar-refractivity contribution in [2.75, 3.05) is 25.0 Å². The molecule has 1 aliphatic heterocycles. The van der Waals surface area contributed by atoms with E-state index in [1.54, 1.807) is 17.0 Å². The van der Waals surface area contributed by atoms with Crippen LogP contribution < -0.4 is 10.1 Å². The fourth-order valence-electron chi connectivity index (χ4n) is 2.80. The smallest absolute Gasteiger partial charge is 0.242 e. The molecule has 2 amide bonds. The Labute approximate surface area is 172 Å². The average molecular weight is 406 g/mol. The summed E-state index contributed by atoms with van der Waals surface area (Å²) in [4.78, 5) is 31.6. The quantitative estimate of drug-likeness (QED) is 0.557. The monoisotopic (exact) mass is 405 g/mol. The van der Waals surface area contributed by atoms with Gasteiger partial charge in [-0.05, 0) is 44.0 Å². The highest BCUT2D eigenvalue weighted by molar-refractivity contribution is 8.15. The number of hydrogen-bond donors (Lipinski definition) is 1. The van der Waals surface area contributed by atoms with Crippen LogP contribution in [0.2, 0.25) is 0 Å². The van der Waals surface area contributed by atoms with Crippen molar-refractivity contribution in [1.29, 1.82) is 0 Å². The van der Waals surface area contributed by atoms with Crippen LogP contribution in [-0.4, -0.2) is 46.8 Å². The van der Waals surface area contributed by atoms with Gasteiger partial charge in [0.15, 0.2) is 5.17 Å². The molecule has 0 radical (unpaired) electrons.